The number of H-pyrrole nitrogens is 1. The minimum Gasteiger partial charge on any atom is -0.455 e. The van der Waals surface area contributed by atoms with Gasteiger partial charge in [0.05, 0.1) is 5.52 Å². The Kier molecular flexibility index (Phi) is 9.16. The number of furan rings is 2. The van der Waals surface area contributed by atoms with Gasteiger partial charge in [-0.25, -0.2) is 4.98 Å². The Morgan fingerprint density at radius 2 is 0.786 bits per heavy atom. The van der Waals surface area contributed by atoms with Crippen molar-refractivity contribution >= 4 is 77.3 Å². The van der Waals surface area contributed by atoms with E-state index in [0.29, 0.717) is 11.6 Å². The lowest BCUT2D eigenvalue weighted by Gasteiger charge is -2.10. The molecule has 0 aliphatic heterocycles. The van der Waals surface area contributed by atoms with Crippen LogP contribution in [-0.2, 0) is 0 Å². The van der Waals surface area contributed by atoms with E-state index in [0.717, 1.165) is 122 Å². The second-order valence-electron chi connectivity index (χ2n) is 17.7. The van der Waals surface area contributed by atoms with E-state index in [4.69, 9.17) is 25.4 Å². The fourth-order valence-corrected chi connectivity index (χ4v) is 10.4. The molecule has 328 valence electrons. The third-order valence-electron chi connectivity index (χ3n) is 13.6. The zero-order chi connectivity index (χ0) is 46.3. The first kappa shape index (κ1) is 40.0. The normalized spacial score (nSPS) is 11.8. The van der Waals surface area contributed by atoms with E-state index in [2.05, 4.69) is 179 Å². The van der Waals surface area contributed by atoms with Crippen LogP contribution < -0.4 is 0 Å². The molecule has 0 aliphatic rings. The number of rotatable bonds is 7. The van der Waals surface area contributed by atoms with Gasteiger partial charge in [0.2, 0.25) is 5.28 Å². The van der Waals surface area contributed by atoms with Gasteiger partial charge in [0.1, 0.15) is 22.3 Å². The summed E-state index contributed by atoms with van der Waals surface area (Å²) in [5.74, 6) is 1.07. The number of aromatic amines is 1. The molecule has 14 aromatic rings. The maximum Gasteiger partial charge on any atom is 0.226 e. The number of para-hydroxylation sites is 4. The molecule has 4 aromatic heterocycles. The molecule has 4 heterocycles. The first-order valence-corrected chi connectivity index (χ1v) is 23.6. The largest absolute Gasteiger partial charge is 0.455 e. The van der Waals surface area contributed by atoms with Crippen LogP contribution in [0.15, 0.2) is 227 Å². The third-order valence-corrected chi connectivity index (χ3v) is 13.8. The van der Waals surface area contributed by atoms with Crippen LogP contribution in [0.4, 0.5) is 0 Å². The van der Waals surface area contributed by atoms with Gasteiger partial charge < -0.3 is 13.8 Å². The Labute approximate surface area is 406 Å². The SMILES string of the molecule is Clc1nc(-c2ccccc2)nc(-c2ccc(-c3ccc4oc5c(-c6cccc(-c7cccc(-c8cccc9c8[nH]c8ccc(-c%10cccc%11c%10oc%10ccccc%10%11)cc89)c7)c6)cccc5c4c3)cc2)n1. The van der Waals surface area contributed by atoms with Gasteiger partial charge in [0, 0.05) is 65.7 Å². The van der Waals surface area contributed by atoms with Crippen molar-refractivity contribution in [2.75, 3.05) is 0 Å². The van der Waals surface area contributed by atoms with Gasteiger partial charge in [-0.2, -0.15) is 9.97 Å². The predicted molar refractivity (Wildman–Crippen MR) is 287 cm³/mol. The van der Waals surface area contributed by atoms with Gasteiger partial charge in [-0.3, -0.25) is 0 Å². The van der Waals surface area contributed by atoms with Crippen molar-refractivity contribution in [1.29, 1.82) is 0 Å². The summed E-state index contributed by atoms with van der Waals surface area (Å²) in [5, 5.41) is 6.91. The van der Waals surface area contributed by atoms with Gasteiger partial charge in [-0.15, -0.1) is 0 Å². The molecular weight excluding hydrogens is 880 g/mol. The lowest BCUT2D eigenvalue weighted by Crippen LogP contribution is -1.97. The van der Waals surface area contributed by atoms with Crippen LogP contribution >= 0.6 is 11.6 Å². The summed E-state index contributed by atoms with van der Waals surface area (Å²) in [6, 6.07) is 76.3. The van der Waals surface area contributed by atoms with Crippen LogP contribution in [0.1, 0.15) is 0 Å². The molecule has 0 bridgehead atoms. The molecule has 0 fully saturated rings. The Morgan fingerprint density at radius 1 is 0.314 bits per heavy atom. The molecule has 0 spiro atoms. The maximum atomic E-state index is 6.67. The minimum absolute atomic E-state index is 0.158. The second-order valence-corrected chi connectivity index (χ2v) is 18.1. The topological polar surface area (TPSA) is 80.7 Å². The van der Waals surface area contributed by atoms with Crippen molar-refractivity contribution in [2.45, 2.75) is 0 Å². The van der Waals surface area contributed by atoms with Gasteiger partial charge in [0.15, 0.2) is 11.6 Å². The van der Waals surface area contributed by atoms with E-state index in [1.165, 1.54) is 10.8 Å². The van der Waals surface area contributed by atoms with Crippen LogP contribution in [0.25, 0.3) is 144 Å². The highest BCUT2D eigenvalue weighted by Gasteiger charge is 2.18. The van der Waals surface area contributed by atoms with E-state index >= 15 is 0 Å². The summed E-state index contributed by atoms with van der Waals surface area (Å²) in [6.07, 6.45) is 0. The van der Waals surface area contributed by atoms with Gasteiger partial charge in [-0.1, -0.05) is 176 Å². The van der Waals surface area contributed by atoms with E-state index in [9.17, 15) is 0 Å². The van der Waals surface area contributed by atoms with Crippen LogP contribution in [0, 0.1) is 0 Å². The minimum atomic E-state index is 0.158. The van der Waals surface area contributed by atoms with Crippen molar-refractivity contribution < 1.29 is 8.83 Å². The second kappa shape index (κ2) is 16.0. The summed E-state index contributed by atoms with van der Waals surface area (Å²) >= 11 is 6.37. The van der Waals surface area contributed by atoms with E-state index < -0.39 is 0 Å². The van der Waals surface area contributed by atoms with Gasteiger partial charge >= 0.3 is 0 Å². The van der Waals surface area contributed by atoms with Crippen molar-refractivity contribution in [1.82, 2.24) is 19.9 Å². The summed E-state index contributed by atoms with van der Waals surface area (Å²) in [5.41, 5.74) is 18.5. The van der Waals surface area contributed by atoms with Crippen LogP contribution in [0.5, 0.6) is 0 Å². The molecule has 1 N–H and O–H groups in total. The summed E-state index contributed by atoms with van der Waals surface area (Å²) in [6.45, 7) is 0. The molecule has 0 saturated heterocycles. The van der Waals surface area contributed by atoms with Crippen molar-refractivity contribution in [2.24, 2.45) is 0 Å². The highest BCUT2D eigenvalue weighted by Crippen LogP contribution is 2.42. The molecule has 7 heteroatoms. The smallest absolute Gasteiger partial charge is 0.226 e. The fourth-order valence-electron chi connectivity index (χ4n) is 10.3. The number of benzene rings is 10. The lowest BCUT2D eigenvalue weighted by molar-refractivity contribution is 0.669. The number of fused-ring (bicyclic) bond motifs is 9. The first-order valence-electron chi connectivity index (χ1n) is 23.3. The molecule has 14 rings (SSSR count). The maximum absolute atomic E-state index is 6.67. The summed E-state index contributed by atoms with van der Waals surface area (Å²) < 4.78 is 13.1. The highest BCUT2D eigenvalue weighted by atomic mass is 35.5. The van der Waals surface area contributed by atoms with E-state index in [1.54, 1.807) is 0 Å². The van der Waals surface area contributed by atoms with Crippen molar-refractivity contribution in [3.05, 3.63) is 224 Å². The fraction of sp³-hybridized carbons (Fsp3) is 0. The standard InChI is InChI=1S/C63H37ClN4O2/c64-63-67-61(38-11-2-1-3-12-38)66-62(68-63)39-27-25-37(26-28-39)42-30-32-57-54(35-42)52-23-10-19-47(60(52)70-57)44-16-7-14-41(34-44)40-13-6-15-43(33-40)46-18-8-21-50-53-36-45(29-31-55(53)65-58(46)50)48-20-9-22-51-49-17-4-5-24-56(49)69-59(48)51/h1-36,65H. The van der Waals surface area contributed by atoms with Crippen LogP contribution in [-0.4, -0.2) is 19.9 Å². The van der Waals surface area contributed by atoms with Crippen LogP contribution in [0.3, 0.4) is 0 Å². The Bertz CT molecular complexity index is 4380. The lowest BCUT2D eigenvalue weighted by atomic mass is 9.94. The first-order chi connectivity index (χ1) is 34.6. The monoisotopic (exact) mass is 916 g/mol. The van der Waals surface area contributed by atoms with Crippen molar-refractivity contribution in [3.63, 3.8) is 0 Å². The number of hydrogen-bond donors (Lipinski definition) is 1. The number of aromatic nitrogens is 4. The van der Waals surface area contributed by atoms with Gasteiger partial charge in [0.25, 0.3) is 0 Å². The van der Waals surface area contributed by atoms with Gasteiger partial charge in [-0.05, 0) is 93.0 Å². The number of nitrogens with zero attached hydrogens (tertiary/aromatic N) is 3. The molecule has 6 nitrogen and oxygen atoms in total. The molecular formula is C63H37ClN4O2. The number of halogens is 1. The molecule has 0 aliphatic carbocycles. The molecule has 0 amide bonds. The summed E-state index contributed by atoms with van der Waals surface area (Å²) in [4.78, 5) is 17.3. The average molecular weight is 917 g/mol. The third kappa shape index (κ3) is 6.68. The van der Waals surface area contributed by atoms with E-state index in [-0.39, 0.29) is 5.28 Å². The summed E-state index contributed by atoms with van der Waals surface area (Å²) in [7, 11) is 0. The molecule has 0 unspecified atom stereocenters. The zero-order valence-electron chi connectivity index (χ0n) is 37.3. The van der Waals surface area contributed by atoms with Crippen molar-refractivity contribution in [3.8, 4) is 78.4 Å². The number of hydrogen-bond acceptors (Lipinski definition) is 5. The Balaban J connectivity index is 0.773. The average Bonchev–Trinajstić information content (AvgIpc) is 4.12. The molecule has 10 aromatic carbocycles. The number of nitrogens with one attached hydrogen (secondary N) is 1. The Morgan fingerprint density at radius 3 is 1.51 bits per heavy atom. The van der Waals surface area contributed by atoms with Crippen LogP contribution in [0.2, 0.25) is 5.28 Å². The Hall–Kier alpha value is -9.10. The molecule has 0 atom stereocenters. The quantitative estimate of drug-likeness (QED) is 0.172. The molecule has 70 heavy (non-hydrogen) atoms. The highest BCUT2D eigenvalue weighted by molar-refractivity contribution is 6.28. The van der Waals surface area contributed by atoms with E-state index in [1.807, 2.05) is 54.6 Å². The predicted octanol–water partition coefficient (Wildman–Crippen LogP) is 17.6. The molecule has 0 radical (unpaired) electrons. The zero-order valence-corrected chi connectivity index (χ0v) is 38.1. The molecule has 0 saturated carbocycles.